The Bertz CT molecular complexity index is 589. The molecule has 0 spiro atoms. The van der Waals surface area contributed by atoms with E-state index >= 15 is 0 Å². The fourth-order valence-corrected chi connectivity index (χ4v) is 2.95. The average Bonchev–Trinajstić information content (AvgIpc) is 2.93. The quantitative estimate of drug-likeness (QED) is 0.840. The number of benzene rings is 1. The van der Waals surface area contributed by atoms with Crippen LogP contribution >= 0.6 is 12.4 Å². The van der Waals surface area contributed by atoms with Crippen LogP contribution in [0.2, 0.25) is 0 Å². The largest absolute Gasteiger partial charge is 0.345 e. The maximum Gasteiger partial charge on any atom is 0.227 e. The normalized spacial score (nSPS) is 18.2. The van der Waals surface area contributed by atoms with Crippen molar-refractivity contribution in [1.29, 1.82) is 0 Å². The summed E-state index contributed by atoms with van der Waals surface area (Å²) in [6, 6.07) is 7.93. The van der Waals surface area contributed by atoms with Gasteiger partial charge in [0.2, 0.25) is 11.8 Å². The Morgan fingerprint density at radius 1 is 1.32 bits per heavy atom. The maximum absolute atomic E-state index is 12.6. The summed E-state index contributed by atoms with van der Waals surface area (Å²) in [6.07, 6.45) is 1.07. The summed E-state index contributed by atoms with van der Waals surface area (Å²) >= 11 is 0. The molecule has 2 amide bonds. The molecule has 2 rings (SSSR count). The predicted molar refractivity (Wildman–Crippen MR) is 104 cm³/mol. The SMILES string of the molecule is Cc1ccc(N2CC(C(=O)N(C)CCC(N)C(C)C)CC2=O)cc1.Cl. The number of carbonyl (C=O) groups excluding carboxylic acids is 2. The van der Waals surface area contributed by atoms with E-state index in [-0.39, 0.29) is 42.6 Å². The summed E-state index contributed by atoms with van der Waals surface area (Å²) in [5, 5.41) is 0. The Morgan fingerprint density at radius 3 is 2.48 bits per heavy atom. The zero-order chi connectivity index (χ0) is 17.9. The highest BCUT2D eigenvalue weighted by atomic mass is 35.5. The molecule has 0 radical (unpaired) electrons. The van der Waals surface area contributed by atoms with Crippen LogP contribution in [0, 0.1) is 18.8 Å². The van der Waals surface area contributed by atoms with Gasteiger partial charge < -0.3 is 15.5 Å². The van der Waals surface area contributed by atoms with E-state index in [1.165, 1.54) is 0 Å². The number of nitrogens with two attached hydrogens (primary N) is 1. The van der Waals surface area contributed by atoms with Crippen molar-refractivity contribution in [2.24, 2.45) is 17.6 Å². The number of aryl methyl sites for hydroxylation is 1. The highest BCUT2D eigenvalue weighted by molar-refractivity contribution is 6.00. The molecule has 0 aromatic heterocycles. The third kappa shape index (κ3) is 5.44. The van der Waals surface area contributed by atoms with Gasteiger partial charge in [-0.15, -0.1) is 12.4 Å². The molecule has 1 aromatic carbocycles. The van der Waals surface area contributed by atoms with Gasteiger partial charge in [0, 0.05) is 38.3 Å². The van der Waals surface area contributed by atoms with E-state index in [1.54, 1.807) is 16.8 Å². The van der Waals surface area contributed by atoms with Gasteiger partial charge in [0.05, 0.1) is 5.92 Å². The third-order valence-corrected chi connectivity index (χ3v) is 4.85. The van der Waals surface area contributed by atoms with Crippen molar-refractivity contribution in [2.75, 3.05) is 25.0 Å². The molecular formula is C19H30ClN3O2. The molecule has 140 valence electrons. The number of amides is 2. The van der Waals surface area contributed by atoms with Gasteiger partial charge in [0.1, 0.15) is 0 Å². The van der Waals surface area contributed by atoms with Crippen molar-refractivity contribution < 1.29 is 9.59 Å². The summed E-state index contributed by atoms with van der Waals surface area (Å²) in [6.45, 7) is 7.27. The second-order valence-electron chi connectivity index (χ2n) is 7.20. The molecule has 0 saturated carbocycles. The average molecular weight is 368 g/mol. The molecule has 1 heterocycles. The molecule has 2 unspecified atom stereocenters. The number of rotatable bonds is 6. The third-order valence-electron chi connectivity index (χ3n) is 4.85. The zero-order valence-electron chi connectivity index (χ0n) is 15.6. The molecule has 2 N–H and O–H groups in total. The Hall–Kier alpha value is -1.59. The van der Waals surface area contributed by atoms with Crippen molar-refractivity contribution in [1.82, 2.24) is 4.90 Å². The number of anilines is 1. The van der Waals surface area contributed by atoms with Crippen LogP contribution in [0.5, 0.6) is 0 Å². The molecule has 1 saturated heterocycles. The van der Waals surface area contributed by atoms with Gasteiger partial charge in [-0.3, -0.25) is 9.59 Å². The van der Waals surface area contributed by atoms with Crippen molar-refractivity contribution in [3.05, 3.63) is 29.8 Å². The van der Waals surface area contributed by atoms with E-state index in [0.29, 0.717) is 19.0 Å². The number of carbonyl (C=O) groups is 2. The van der Waals surface area contributed by atoms with Crippen LogP contribution in [0.4, 0.5) is 5.69 Å². The van der Waals surface area contributed by atoms with Gasteiger partial charge in [-0.25, -0.2) is 0 Å². The topological polar surface area (TPSA) is 66.6 Å². The molecule has 1 aliphatic rings. The lowest BCUT2D eigenvalue weighted by atomic mass is 10.0. The summed E-state index contributed by atoms with van der Waals surface area (Å²) in [5.41, 5.74) is 8.07. The monoisotopic (exact) mass is 367 g/mol. The maximum atomic E-state index is 12.6. The molecule has 2 atom stereocenters. The molecule has 1 aliphatic heterocycles. The van der Waals surface area contributed by atoms with Gasteiger partial charge in [-0.2, -0.15) is 0 Å². The summed E-state index contributed by atoms with van der Waals surface area (Å²) in [7, 11) is 1.80. The fraction of sp³-hybridized carbons (Fsp3) is 0.579. The highest BCUT2D eigenvalue weighted by Crippen LogP contribution is 2.26. The van der Waals surface area contributed by atoms with E-state index in [0.717, 1.165) is 17.7 Å². The van der Waals surface area contributed by atoms with E-state index in [4.69, 9.17) is 5.73 Å². The first-order chi connectivity index (χ1) is 11.3. The van der Waals surface area contributed by atoms with E-state index in [9.17, 15) is 9.59 Å². The van der Waals surface area contributed by atoms with Crippen LogP contribution in [0.3, 0.4) is 0 Å². The first-order valence-electron chi connectivity index (χ1n) is 8.67. The van der Waals surface area contributed by atoms with E-state index in [1.807, 2.05) is 31.2 Å². The number of halogens is 1. The smallest absolute Gasteiger partial charge is 0.227 e. The van der Waals surface area contributed by atoms with Crippen molar-refractivity contribution in [2.45, 2.75) is 39.7 Å². The van der Waals surface area contributed by atoms with Gasteiger partial charge in [-0.05, 0) is 31.4 Å². The molecule has 5 nitrogen and oxygen atoms in total. The number of nitrogens with zero attached hydrogens (tertiary/aromatic N) is 2. The predicted octanol–water partition coefficient (Wildman–Crippen LogP) is 2.60. The van der Waals surface area contributed by atoms with Gasteiger partial charge in [0.15, 0.2) is 0 Å². The Morgan fingerprint density at radius 2 is 1.92 bits per heavy atom. The summed E-state index contributed by atoms with van der Waals surface area (Å²) < 4.78 is 0. The molecule has 1 fully saturated rings. The summed E-state index contributed by atoms with van der Waals surface area (Å²) in [5.74, 6) is 0.191. The molecule has 0 bridgehead atoms. The van der Waals surface area contributed by atoms with Gasteiger partial charge in [0.25, 0.3) is 0 Å². The minimum atomic E-state index is -0.265. The lowest BCUT2D eigenvalue weighted by Crippen LogP contribution is -2.38. The van der Waals surface area contributed by atoms with E-state index in [2.05, 4.69) is 13.8 Å². The van der Waals surface area contributed by atoms with Crippen molar-refractivity contribution >= 4 is 29.9 Å². The summed E-state index contributed by atoms with van der Waals surface area (Å²) in [4.78, 5) is 28.3. The van der Waals surface area contributed by atoms with Gasteiger partial charge >= 0.3 is 0 Å². The van der Waals surface area contributed by atoms with Crippen LogP contribution in [0.15, 0.2) is 24.3 Å². The van der Waals surface area contributed by atoms with E-state index < -0.39 is 0 Å². The van der Waals surface area contributed by atoms with Crippen LogP contribution in [0.1, 0.15) is 32.3 Å². The Kier molecular flexibility index (Phi) is 7.90. The number of hydrogen-bond donors (Lipinski definition) is 1. The number of hydrogen-bond acceptors (Lipinski definition) is 3. The molecular weight excluding hydrogens is 338 g/mol. The van der Waals surface area contributed by atoms with Crippen LogP contribution in [0.25, 0.3) is 0 Å². The minimum Gasteiger partial charge on any atom is -0.345 e. The van der Waals surface area contributed by atoms with Crippen LogP contribution < -0.4 is 10.6 Å². The first-order valence-corrected chi connectivity index (χ1v) is 8.67. The highest BCUT2D eigenvalue weighted by Gasteiger charge is 2.36. The fourth-order valence-electron chi connectivity index (χ4n) is 2.95. The molecule has 25 heavy (non-hydrogen) atoms. The Balaban J connectivity index is 0.00000312. The second-order valence-corrected chi connectivity index (χ2v) is 7.20. The molecule has 0 aliphatic carbocycles. The van der Waals surface area contributed by atoms with Gasteiger partial charge in [-0.1, -0.05) is 31.5 Å². The lowest BCUT2D eigenvalue weighted by Gasteiger charge is -2.24. The Labute approximate surface area is 157 Å². The molecule has 6 heteroatoms. The zero-order valence-corrected chi connectivity index (χ0v) is 16.4. The first kappa shape index (κ1) is 21.5. The van der Waals surface area contributed by atoms with Crippen molar-refractivity contribution in [3.8, 4) is 0 Å². The van der Waals surface area contributed by atoms with Crippen molar-refractivity contribution in [3.63, 3.8) is 0 Å². The molecule has 1 aromatic rings. The minimum absolute atomic E-state index is 0. The van der Waals surface area contributed by atoms with Crippen LogP contribution in [-0.2, 0) is 9.59 Å². The van der Waals surface area contributed by atoms with Crippen LogP contribution in [-0.4, -0.2) is 42.9 Å². The second kappa shape index (κ2) is 9.20. The lowest BCUT2D eigenvalue weighted by molar-refractivity contribution is -0.134. The standard InChI is InChI=1S/C19H29N3O2.ClH/c1-13(2)17(20)9-10-21(4)19(24)15-11-18(23)22(12-15)16-7-5-14(3)6-8-16;/h5-8,13,15,17H,9-12,20H2,1-4H3;1H.